The van der Waals surface area contributed by atoms with Crippen molar-refractivity contribution in [2.24, 2.45) is 0 Å². The smallest absolute Gasteiger partial charge is 0.193 e. The van der Waals surface area contributed by atoms with Crippen LogP contribution >= 0.6 is 0 Å². The summed E-state index contributed by atoms with van der Waals surface area (Å²) in [6, 6.07) is 3.37. The Kier molecular flexibility index (Phi) is 2.22. The van der Waals surface area contributed by atoms with Gasteiger partial charge in [0, 0.05) is 18.6 Å². The van der Waals surface area contributed by atoms with Crippen LogP contribution in [0.25, 0.3) is 11.5 Å². The molecule has 0 unspecified atom stereocenters. The van der Waals surface area contributed by atoms with Crippen LogP contribution in [0.2, 0.25) is 0 Å². The maximum atomic E-state index is 10.4. The van der Waals surface area contributed by atoms with Crippen molar-refractivity contribution in [1.29, 1.82) is 0 Å². The highest BCUT2D eigenvalue weighted by molar-refractivity contribution is 5.69. The van der Waals surface area contributed by atoms with Crippen molar-refractivity contribution >= 4 is 6.29 Å². The van der Waals surface area contributed by atoms with E-state index in [-0.39, 0.29) is 5.82 Å². The SMILES string of the molecule is O=Cc1nccc(-c2ncccn2)n1. The van der Waals surface area contributed by atoms with Crippen molar-refractivity contribution in [3.05, 3.63) is 36.5 Å². The van der Waals surface area contributed by atoms with E-state index in [9.17, 15) is 4.79 Å². The molecule has 0 spiro atoms. The zero-order valence-corrected chi connectivity index (χ0v) is 7.16. The van der Waals surface area contributed by atoms with Gasteiger partial charge in [0.1, 0.15) is 5.69 Å². The lowest BCUT2D eigenvalue weighted by Gasteiger charge is -1.97. The second-order valence-corrected chi connectivity index (χ2v) is 2.49. The Morgan fingerprint density at radius 1 is 1.07 bits per heavy atom. The molecule has 0 aromatic carbocycles. The van der Waals surface area contributed by atoms with Crippen LogP contribution in [0, 0.1) is 0 Å². The maximum Gasteiger partial charge on any atom is 0.193 e. The number of rotatable bonds is 2. The first-order valence-corrected chi connectivity index (χ1v) is 3.96. The van der Waals surface area contributed by atoms with E-state index >= 15 is 0 Å². The summed E-state index contributed by atoms with van der Waals surface area (Å²) in [6.07, 6.45) is 5.32. The van der Waals surface area contributed by atoms with Crippen molar-refractivity contribution in [3.8, 4) is 11.5 Å². The fraction of sp³-hybridized carbons (Fsp3) is 0. The molecule has 0 atom stereocenters. The molecule has 0 bridgehead atoms. The molecule has 0 aliphatic carbocycles. The Balaban J connectivity index is 2.47. The lowest BCUT2D eigenvalue weighted by Crippen LogP contribution is -1.96. The van der Waals surface area contributed by atoms with E-state index in [4.69, 9.17) is 0 Å². The van der Waals surface area contributed by atoms with E-state index in [0.717, 1.165) is 0 Å². The summed E-state index contributed by atoms with van der Waals surface area (Å²) in [4.78, 5) is 26.1. The number of nitrogens with zero attached hydrogens (tertiary/aromatic N) is 4. The molecule has 0 saturated carbocycles. The zero-order chi connectivity index (χ0) is 9.80. The highest BCUT2D eigenvalue weighted by atomic mass is 16.1. The predicted molar refractivity (Wildman–Crippen MR) is 48.4 cm³/mol. The molecule has 0 aliphatic rings. The van der Waals surface area contributed by atoms with E-state index in [1.165, 1.54) is 6.20 Å². The summed E-state index contributed by atoms with van der Waals surface area (Å²) in [5.74, 6) is 0.618. The van der Waals surface area contributed by atoms with Gasteiger partial charge in [-0.15, -0.1) is 0 Å². The van der Waals surface area contributed by atoms with Crippen LogP contribution in [0.3, 0.4) is 0 Å². The normalized spacial score (nSPS) is 9.71. The third-order valence-corrected chi connectivity index (χ3v) is 1.57. The molecular weight excluding hydrogens is 180 g/mol. The molecule has 2 rings (SSSR count). The number of hydrogen-bond acceptors (Lipinski definition) is 5. The van der Waals surface area contributed by atoms with Crippen molar-refractivity contribution in [2.45, 2.75) is 0 Å². The Bertz CT molecular complexity index is 444. The van der Waals surface area contributed by atoms with Crippen LogP contribution in [-0.4, -0.2) is 26.2 Å². The second-order valence-electron chi connectivity index (χ2n) is 2.49. The molecule has 0 aliphatic heterocycles. The first-order valence-electron chi connectivity index (χ1n) is 3.96. The first-order chi connectivity index (χ1) is 6.90. The van der Waals surface area contributed by atoms with Gasteiger partial charge in [-0.1, -0.05) is 0 Å². The predicted octanol–water partition coefficient (Wildman–Crippen LogP) is 0.746. The summed E-state index contributed by atoms with van der Waals surface area (Å²) < 4.78 is 0. The van der Waals surface area contributed by atoms with Crippen LogP contribution in [0.15, 0.2) is 30.7 Å². The van der Waals surface area contributed by atoms with Gasteiger partial charge in [0.2, 0.25) is 0 Å². The Morgan fingerprint density at radius 3 is 2.57 bits per heavy atom. The molecule has 0 saturated heterocycles. The second kappa shape index (κ2) is 3.69. The minimum absolute atomic E-state index is 0.134. The molecule has 2 aromatic rings. The van der Waals surface area contributed by atoms with Crippen LogP contribution in [0.1, 0.15) is 10.6 Å². The van der Waals surface area contributed by atoms with Gasteiger partial charge in [-0.05, 0) is 12.1 Å². The number of hydrogen-bond donors (Lipinski definition) is 0. The molecule has 14 heavy (non-hydrogen) atoms. The lowest BCUT2D eigenvalue weighted by molar-refractivity contribution is 0.111. The highest BCUT2D eigenvalue weighted by Crippen LogP contribution is 2.08. The van der Waals surface area contributed by atoms with Crippen molar-refractivity contribution < 1.29 is 4.79 Å². The number of aromatic nitrogens is 4. The summed E-state index contributed by atoms with van der Waals surface area (Å²) in [7, 11) is 0. The Morgan fingerprint density at radius 2 is 1.86 bits per heavy atom. The third-order valence-electron chi connectivity index (χ3n) is 1.57. The van der Waals surface area contributed by atoms with E-state index < -0.39 is 0 Å². The standard InChI is InChI=1S/C9H6N4O/c14-6-8-10-5-2-7(13-8)9-11-3-1-4-12-9/h1-6H. The molecule has 5 nitrogen and oxygen atoms in total. The molecule has 0 radical (unpaired) electrons. The molecular formula is C9H6N4O. The fourth-order valence-electron chi connectivity index (χ4n) is 0.986. The van der Waals surface area contributed by atoms with Crippen LogP contribution in [-0.2, 0) is 0 Å². The maximum absolute atomic E-state index is 10.4. The van der Waals surface area contributed by atoms with Crippen LogP contribution < -0.4 is 0 Å². The van der Waals surface area contributed by atoms with E-state index in [2.05, 4.69) is 19.9 Å². The van der Waals surface area contributed by atoms with Crippen molar-refractivity contribution in [3.63, 3.8) is 0 Å². The van der Waals surface area contributed by atoms with Gasteiger partial charge in [0.25, 0.3) is 0 Å². The van der Waals surface area contributed by atoms with Crippen LogP contribution in [0.5, 0.6) is 0 Å². The molecule has 0 N–H and O–H groups in total. The van der Waals surface area contributed by atoms with Gasteiger partial charge in [-0.2, -0.15) is 0 Å². The number of aldehydes is 1. The summed E-state index contributed by atoms with van der Waals surface area (Å²) >= 11 is 0. The molecule has 5 heteroatoms. The molecule has 2 aromatic heterocycles. The zero-order valence-electron chi connectivity index (χ0n) is 7.16. The van der Waals surface area contributed by atoms with Gasteiger partial charge in [0.05, 0.1) is 0 Å². The average Bonchev–Trinajstić information content (AvgIpc) is 2.30. The van der Waals surface area contributed by atoms with E-state index in [1.807, 2.05) is 0 Å². The Hall–Kier alpha value is -2.17. The monoisotopic (exact) mass is 186 g/mol. The largest absolute Gasteiger partial charge is 0.294 e. The minimum atomic E-state index is 0.134. The van der Waals surface area contributed by atoms with Gasteiger partial charge in [-0.3, -0.25) is 4.79 Å². The molecule has 68 valence electrons. The summed E-state index contributed by atoms with van der Waals surface area (Å²) in [6.45, 7) is 0. The van der Waals surface area contributed by atoms with Gasteiger partial charge in [0.15, 0.2) is 17.9 Å². The minimum Gasteiger partial charge on any atom is -0.294 e. The lowest BCUT2D eigenvalue weighted by atomic mass is 10.3. The third kappa shape index (κ3) is 1.61. The van der Waals surface area contributed by atoms with E-state index in [1.54, 1.807) is 24.5 Å². The molecule has 0 fully saturated rings. The van der Waals surface area contributed by atoms with Gasteiger partial charge in [-0.25, -0.2) is 19.9 Å². The van der Waals surface area contributed by atoms with E-state index in [0.29, 0.717) is 17.8 Å². The number of carbonyl (C=O) groups excluding carboxylic acids is 1. The quantitative estimate of drug-likeness (QED) is 0.647. The molecule has 2 heterocycles. The van der Waals surface area contributed by atoms with Crippen molar-refractivity contribution in [2.75, 3.05) is 0 Å². The number of carbonyl (C=O) groups is 1. The molecule has 0 amide bonds. The fourth-order valence-corrected chi connectivity index (χ4v) is 0.986. The highest BCUT2D eigenvalue weighted by Gasteiger charge is 2.02. The van der Waals surface area contributed by atoms with Gasteiger partial charge < -0.3 is 0 Å². The Labute approximate surface area is 79.9 Å². The first kappa shape index (κ1) is 8.43. The summed E-state index contributed by atoms with van der Waals surface area (Å²) in [5, 5.41) is 0. The van der Waals surface area contributed by atoms with Crippen molar-refractivity contribution in [1.82, 2.24) is 19.9 Å². The summed E-state index contributed by atoms with van der Waals surface area (Å²) in [5.41, 5.74) is 0.544. The topological polar surface area (TPSA) is 68.6 Å². The average molecular weight is 186 g/mol. The van der Waals surface area contributed by atoms with Crippen LogP contribution in [0.4, 0.5) is 0 Å². The van der Waals surface area contributed by atoms with Gasteiger partial charge >= 0.3 is 0 Å².